The van der Waals surface area contributed by atoms with Crippen LogP contribution in [0.15, 0.2) is 52.3 Å². The molecule has 1 N–H and O–H groups in total. The molecule has 0 aliphatic heterocycles. The number of aliphatic carboxylic acids is 1. The van der Waals surface area contributed by atoms with E-state index in [2.05, 4.69) is 0 Å². The summed E-state index contributed by atoms with van der Waals surface area (Å²) in [6, 6.07) is 12.6. The fourth-order valence-electron chi connectivity index (χ4n) is 1.59. The predicted octanol–water partition coefficient (Wildman–Crippen LogP) is 4.77. The Morgan fingerprint density at radius 2 is 1.84 bits per heavy atom. The smallest absolute Gasteiger partial charge is 0.307 e. The average Bonchev–Trinajstić information content (AvgIpc) is 2.35. The largest absolute Gasteiger partial charge is 0.481 e. The van der Waals surface area contributed by atoms with Gasteiger partial charge in [-0.25, -0.2) is 0 Å². The van der Waals surface area contributed by atoms with Crippen molar-refractivity contribution in [3.8, 4) is 0 Å². The minimum atomic E-state index is -0.856. The number of hydrogen-bond donors (Lipinski definition) is 1. The van der Waals surface area contributed by atoms with Gasteiger partial charge in [-0.15, -0.1) is 0 Å². The molecule has 0 heterocycles. The topological polar surface area (TPSA) is 37.3 Å². The lowest BCUT2D eigenvalue weighted by Crippen LogP contribution is -2.01. The molecule has 0 radical (unpaired) electrons. The Kier molecular flexibility index (Phi) is 4.75. The third-order valence-electron chi connectivity index (χ3n) is 2.43. The summed E-state index contributed by atoms with van der Waals surface area (Å²) in [5.74, 6) is -0.856. The minimum absolute atomic E-state index is 0.0125. The van der Waals surface area contributed by atoms with Crippen molar-refractivity contribution in [2.45, 2.75) is 16.2 Å². The van der Waals surface area contributed by atoms with Crippen molar-refractivity contribution in [2.24, 2.45) is 0 Å². The molecule has 2 nitrogen and oxygen atoms in total. The number of carboxylic acid groups (broad SMARTS) is 1. The van der Waals surface area contributed by atoms with Crippen molar-refractivity contribution in [1.29, 1.82) is 0 Å². The van der Waals surface area contributed by atoms with Gasteiger partial charge in [0.25, 0.3) is 0 Å². The van der Waals surface area contributed by atoms with Gasteiger partial charge in [0.1, 0.15) is 0 Å². The van der Waals surface area contributed by atoms with Crippen molar-refractivity contribution in [3.05, 3.63) is 58.1 Å². The lowest BCUT2D eigenvalue weighted by molar-refractivity contribution is -0.136. The summed E-state index contributed by atoms with van der Waals surface area (Å²) >= 11 is 13.5. The number of carbonyl (C=O) groups is 1. The van der Waals surface area contributed by atoms with Crippen LogP contribution < -0.4 is 0 Å². The SMILES string of the molecule is O=C(O)Cc1ccccc1Sc1cc(Cl)ccc1Cl. The fourth-order valence-corrected chi connectivity index (χ4v) is 3.06. The average molecular weight is 313 g/mol. The van der Waals surface area contributed by atoms with Crippen LogP contribution in [0.5, 0.6) is 0 Å². The second-order valence-corrected chi connectivity index (χ2v) is 5.78. The van der Waals surface area contributed by atoms with Gasteiger partial charge in [-0.1, -0.05) is 53.2 Å². The molecule has 0 unspecified atom stereocenters. The zero-order valence-electron chi connectivity index (χ0n) is 9.77. The summed E-state index contributed by atoms with van der Waals surface area (Å²) in [5.41, 5.74) is 0.760. The zero-order valence-corrected chi connectivity index (χ0v) is 12.1. The Balaban J connectivity index is 2.32. The van der Waals surface area contributed by atoms with Crippen LogP contribution >= 0.6 is 35.0 Å². The van der Waals surface area contributed by atoms with Crippen molar-refractivity contribution in [2.75, 3.05) is 0 Å². The van der Waals surface area contributed by atoms with Crippen LogP contribution in [0.3, 0.4) is 0 Å². The Morgan fingerprint density at radius 3 is 2.58 bits per heavy atom. The quantitative estimate of drug-likeness (QED) is 0.883. The molecule has 5 heteroatoms. The third-order valence-corrected chi connectivity index (χ3v) is 4.28. The van der Waals surface area contributed by atoms with Gasteiger partial charge in [0, 0.05) is 14.8 Å². The van der Waals surface area contributed by atoms with Crippen LogP contribution in [0.1, 0.15) is 5.56 Å². The van der Waals surface area contributed by atoms with Crippen LogP contribution in [0, 0.1) is 0 Å². The van der Waals surface area contributed by atoms with E-state index in [1.165, 1.54) is 11.8 Å². The number of benzene rings is 2. The van der Waals surface area contributed by atoms with Gasteiger partial charge in [-0.05, 0) is 29.8 Å². The molecular weight excluding hydrogens is 303 g/mol. The second kappa shape index (κ2) is 6.33. The molecule has 0 aromatic heterocycles. The monoisotopic (exact) mass is 312 g/mol. The van der Waals surface area contributed by atoms with Crippen LogP contribution in [0.4, 0.5) is 0 Å². The van der Waals surface area contributed by atoms with E-state index < -0.39 is 5.97 Å². The Labute approximate surface area is 125 Å². The highest BCUT2D eigenvalue weighted by Gasteiger charge is 2.10. The number of halogens is 2. The first-order valence-corrected chi connectivity index (χ1v) is 7.06. The fraction of sp³-hybridized carbons (Fsp3) is 0.0714. The molecule has 2 aromatic rings. The zero-order chi connectivity index (χ0) is 13.8. The highest BCUT2D eigenvalue weighted by Crippen LogP contribution is 2.36. The Bertz CT molecular complexity index is 614. The number of hydrogen-bond acceptors (Lipinski definition) is 2. The summed E-state index contributed by atoms with van der Waals surface area (Å²) in [6.07, 6.45) is -0.0125. The van der Waals surface area contributed by atoms with E-state index >= 15 is 0 Å². The summed E-state index contributed by atoms with van der Waals surface area (Å²) in [5, 5.41) is 10.1. The normalized spacial score (nSPS) is 10.4. The van der Waals surface area contributed by atoms with E-state index in [0.717, 1.165) is 15.4 Å². The first-order chi connectivity index (χ1) is 9.06. The maximum Gasteiger partial charge on any atom is 0.307 e. The van der Waals surface area contributed by atoms with Crippen LogP contribution in [0.25, 0.3) is 0 Å². The second-order valence-electron chi connectivity index (χ2n) is 3.86. The molecule has 0 spiro atoms. The van der Waals surface area contributed by atoms with E-state index in [4.69, 9.17) is 28.3 Å². The van der Waals surface area contributed by atoms with E-state index in [1.54, 1.807) is 24.3 Å². The van der Waals surface area contributed by atoms with Crippen LogP contribution in [0.2, 0.25) is 10.0 Å². The molecule has 0 aliphatic rings. The predicted molar refractivity (Wildman–Crippen MR) is 78.4 cm³/mol. The van der Waals surface area contributed by atoms with E-state index in [9.17, 15) is 4.79 Å². The lowest BCUT2D eigenvalue weighted by atomic mass is 10.1. The summed E-state index contributed by atoms with van der Waals surface area (Å²) in [4.78, 5) is 12.5. The molecule has 2 aromatic carbocycles. The molecule has 98 valence electrons. The van der Waals surface area contributed by atoms with Gasteiger partial charge < -0.3 is 5.11 Å². The molecule has 0 fully saturated rings. The molecule has 19 heavy (non-hydrogen) atoms. The van der Waals surface area contributed by atoms with Crippen LogP contribution in [-0.4, -0.2) is 11.1 Å². The Morgan fingerprint density at radius 1 is 1.11 bits per heavy atom. The summed E-state index contributed by atoms with van der Waals surface area (Å²) in [7, 11) is 0. The highest BCUT2D eigenvalue weighted by atomic mass is 35.5. The molecule has 0 saturated carbocycles. The summed E-state index contributed by atoms with van der Waals surface area (Å²) in [6.45, 7) is 0. The highest BCUT2D eigenvalue weighted by molar-refractivity contribution is 7.99. The maximum atomic E-state index is 10.8. The van der Waals surface area contributed by atoms with Gasteiger partial charge >= 0.3 is 5.97 Å². The number of rotatable bonds is 4. The van der Waals surface area contributed by atoms with Gasteiger partial charge in [-0.3, -0.25) is 4.79 Å². The molecule has 2 rings (SSSR count). The van der Waals surface area contributed by atoms with Gasteiger partial charge in [0.15, 0.2) is 0 Å². The van der Waals surface area contributed by atoms with E-state index in [0.29, 0.717) is 10.0 Å². The molecule has 0 atom stereocenters. The van der Waals surface area contributed by atoms with Gasteiger partial charge in [0.2, 0.25) is 0 Å². The molecule has 0 amide bonds. The van der Waals surface area contributed by atoms with Crippen molar-refractivity contribution in [1.82, 2.24) is 0 Å². The molecule has 0 aliphatic carbocycles. The minimum Gasteiger partial charge on any atom is -0.481 e. The summed E-state index contributed by atoms with van der Waals surface area (Å²) < 4.78 is 0. The van der Waals surface area contributed by atoms with Gasteiger partial charge in [0.05, 0.1) is 11.4 Å². The van der Waals surface area contributed by atoms with Crippen molar-refractivity contribution >= 4 is 40.9 Å². The number of carboxylic acids is 1. The molecule has 0 bridgehead atoms. The van der Waals surface area contributed by atoms with Crippen molar-refractivity contribution < 1.29 is 9.90 Å². The lowest BCUT2D eigenvalue weighted by Gasteiger charge is -2.09. The van der Waals surface area contributed by atoms with Crippen LogP contribution in [-0.2, 0) is 11.2 Å². The maximum absolute atomic E-state index is 10.8. The van der Waals surface area contributed by atoms with E-state index in [-0.39, 0.29) is 6.42 Å². The van der Waals surface area contributed by atoms with E-state index in [1.807, 2.05) is 18.2 Å². The van der Waals surface area contributed by atoms with Gasteiger partial charge in [-0.2, -0.15) is 0 Å². The molecule has 0 saturated heterocycles. The van der Waals surface area contributed by atoms with Crippen molar-refractivity contribution in [3.63, 3.8) is 0 Å². The first-order valence-electron chi connectivity index (χ1n) is 5.49. The standard InChI is InChI=1S/C14H10Cl2O2S/c15-10-5-6-11(16)13(8-10)19-12-4-2-1-3-9(12)7-14(17)18/h1-6,8H,7H2,(H,17,18). The first kappa shape index (κ1) is 14.3. The Hall–Kier alpha value is -1.16. The molecular formula is C14H10Cl2O2S. The third kappa shape index (κ3) is 3.90.